The number of ether oxygens (including phenoxy) is 1. The fourth-order valence-electron chi connectivity index (χ4n) is 2.46. The highest BCUT2D eigenvalue weighted by atomic mass is 19.2. The van der Waals surface area contributed by atoms with Crippen LogP contribution in [0.4, 0.5) is 20.2 Å². The van der Waals surface area contributed by atoms with Crippen LogP contribution in [0.3, 0.4) is 0 Å². The van der Waals surface area contributed by atoms with E-state index in [4.69, 9.17) is 4.74 Å². The molecule has 1 amide bonds. The van der Waals surface area contributed by atoms with Crippen LogP contribution in [0.15, 0.2) is 60.9 Å². The number of amides is 1. The molecule has 0 atom stereocenters. The van der Waals surface area contributed by atoms with Crippen molar-refractivity contribution in [2.24, 2.45) is 0 Å². The minimum absolute atomic E-state index is 0.166. The minimum Gasteiger partial charge on any atom is -0.495 e. The van der Waals surface area contributed by atoms with Crippen LogP contribution in [0.2, 0.25) is 0 Å². The number of aromatic nitrogens is 1. The Hall–Kier alpha value is -3.48. The smallest absolute Gasteiger partial charge is 0.255 e. The Labute approximate surface area is 155 Å². The van der Waals surface area contributed by atoms with Crippen molar-refractivity contribution in [1.82, 2.24) is 4.98 Å². The highest BCUT2D eigenvalue weighted by Gasteiger charge is 2.12. The Balaban J connectivity index is 1.76. The van der Waals surface area contributed by atoms with Crippen LogP contribution in [0.5, 0.6) is 5.75 Å². The Bertz CT molecular complexity index is 949. The molecule has 5 nitrogen and oxygen atoms in total. The van der Waals surface area contributed by atoms with Crippen LogP contribution in [-0.4, -0.2) is 18.0 Å². The van der Waals surface area contributed by atoms with Gasteiger partial charge in [-0.2, -0.15) is 0 Å². The molecule has 7 heteroatoms. The van der Waals surface area contributed by atoms with E-state index in [9.17, 15) is 13.6 Å². The topological polar surface area (TPSA) is 63.2 Å². The molecule has 0 saturated carbocycles. The largest absolute Gasteiger partial charge is 0.495 e. The molecule has 0 spiro atoms. The van der Waals surface area contributed by atoms with Crippen LogP contribution in [0.25, 0.3) is 0 Å². The third-order valence-electron chi connectivity index (χ3n) is 3.84. The van der Waals surface area contributed by atoms with Crippen LogP contribution in [0.1, 0.15) is 15.9 Å². The second-order valence-electron chi connectivity index (χ2n) is 5.71. The predicted octanol–water partition coefficient (Wildman–Crippen LogP) is 4.23. The fourth-order valence-corrected chi connectivity index (χ4v) is 2.46. The number of halogens is 2. The number of anilines is 2. The zero-order valence-corrected chi connectivity index (χ0v) is 14.5. The molecule has 2 N–H and O–H groups in total. The van der Waals surface area contributed by atoms with E-state index in [0.29, 0.717) is 23.5 Å². The lowest BCUT2D eigenvalue weighted by molar-refractivity contribution is 0.102. The molecule has 0 unspecified atom stereocenters. The maximum Gasteiger partial charge on any atom is 0.255 e. The summed E-state index contributed by atoms with van der Waals surface area (Å²) in [4.78, 5) is 16.5. The maximum absolute atomic E-state index is 13.3. The molecule has 3 aromatic rings. The molecular weight excluding hydrogens is 352 g/mol. The van der Waals surface area contributed by atoms with Crippen molar-refractivity contribution in [3.63, 3.8) is 0 Å². The van der Waals surface area contributed by atoms with Crippen molar-refractivity contribution in [3.05, 3.63) is 83.7 Å². The SMILES string of the molecule is COc1ccc(C(=O)Nc2ccc(F)c(F)c2)cc1NCc1cccnc1. The zero-order valence-electron chi connectivity index (χ0n) is 14.5. The molecule has 27 heavy (non-hydrogen) atoms. The maximum atomic E-state index is 13.3. The van der Waals surface area contributed by atoms with Gasteiger partial charge >= 0.3 is 0 Å². The molecule has 0 saturated heterocycles. The first-order valence-corrected chi connectivity index (χ1v) is 8.14. The predicted molar refractivity (Wildman–Crippen MR) is 98.9 cm³/mol. The molecular formula is C20H17F2N3O2. The lowest BCUT2D eigenvalue weighted by Gasteiger charge is -2.13. The van der Waals surface area contributed by atoms with Crippen LogP contribution in [0, 0.1) is 11.6 Å². The van der Waals surface area contributed by atoms with Crippen molar-refractivity contribution in [1.29, 1.82) is 0 Å². The summed E-state index contributed by atoms with van der Waals surface area (Å²) < 4.78 is 31.6. The van der Waals surface area contributed by atoms with E-state index in [2.05, 4.69) is 15.6 Å². The number of nitrogens with one attached hydrogen (secondary N) is 2. The summed E-state index contributed by atoms with van der Waals surface area (Å²) in [6, 6.07) is 11.8. The van der Waals surface area contributed by atoms with Gasteiger partial charge in [-0.15, -0.1) is 0 Å². The van der Waals surface area contributed by atoms with Gasteiger partial charge in [-0.05, 0) is 42.0 Å². The summed E-state index contributed by atoms with van der Waals surface area (Å²) in [6.07, 6.45) is 3.42. The lowest BCUT2D eigenvalue weighted by Crippen LogP contribution is -2.13. The number of benzene rings is 2. The molecule has 0 aliphatic heterocycles. The number of carbonyl (C=O) groups excluding carboxylic acids is 1. The Morgan fingerprint density at radius 3 is 2.67 bits per heavy atom. The number of pyridine rings is 1. The van der Waals surface area contributed by atoms with Crippen molar-refractivity contribution in [2.75, 3.05) is 17.7 Å². The third kappa shape index (κ3) is 4.58. The van der Waals surface area contributed by atoms with Gasteiger partial charge in [0.05, 0.1) is 12.8 Å². The van der Waals surface area contributed by atoms with Gasteiger partial charge in [0, 0.05) is 36.3 Å². The second-order valence-corrected chi connectivity index (χ2v) is 5.71. The number of nitrogens with zero attached hydrogens (tertiary/aromatic N) is 1. The van der Waals surface area contributed by atoms with Crippen LogP contribution in [-0.2, 0) is 6.54 Å². The van der Waals surface area contributed by atoms with E-state index in [1.807, 2.05) is 12.1 Å². The second kappa shape index (κ2) is 8.27. The number of carbonyl (C=O) groups is 1. The molecule has 1 aromatic heterocycles. The summed E-state index contributed by atoms with van der Waals surface area (Å²) >= 11 is 0. The van der Waals surface area contributed by atoms with Gasteiger partial charge < -0.3 is 15.4 Å². The number of hydrogen-bond donors (Lipinski definition) is 2. The Morgan fingerprint density at radius 1 is 1.11 bits per heavy atom. The number of methoxy groups -OCH3 is 1. The molecule has 0 fully saturated rings. The van der Waals surface area contributed by atoms with E-state index in [0.717, 1.165) is 17.7 Å². The average molecular weight is 369 g/mol. The summed E-state index contributed by atoms with van der Waals surface area (Å²) in [5.74, 6) is -1.88. The van der Waals surface area contributed by atoms with Gasteiger partial charge in [0.2, 0.25) is 0 Å². The molecule has 1 heterocycles. The zero-order chi connectivity index (χ0) is 19.2. The van der Waals surface area contributed by atoms with E-state index in [1.54, 1.807) is 30.6 Å². The normalized spacial score (nSPS) is 10.3. The standard InChI is InChI=1S/C20H17F2N3O2/c1-27-19-7-4-14(9-18(19)24-12-13-3-2-8-23-11-13)20(26)25-15-5-6-16(21)17(22)10-15/h2-11,24H,12H2,1H3,(H,25,26). The number of rotatable bonds is 6. The van der Waals surface area contributed by atoms with Crippen molar-refractivity contribution < 1.29 is 18.3 Å². The van der Waals surface area contributed by atoms with E-state index in [1.165, 1.54) is 13.2 Å². The Kier molecular flexibility index (Phi) is 5.61. The molecule has 3 rings (SSSR count). The molecule has 2 aromatic carbocycles. The lowest BCUT2D eigenvalue weighted by atomic mass is 10.1. The summed E-state index contributed by atoms with van der Waals surface area (Å²) in [5, 5.41) is 5.74. The van der Waals surface area contributed by atoms with Crippen LogP contribution >= 0.6 is 0 Å². The summed E-state index contributed by atoms with van der Waals surface area (Å²) in [7, 11) is 1.53. The summed E-state index contributed by atoms with van der Waals surface area (Å²) in [5.41, 5.74) is 2.10. The monoisotopic (exact) mass is 369 g/mol. The van der Waals surface area contributed by atoms with Crippen molar-refractivity contribution in [2.45, 2.75) is 6.54 Å². The van der Waals surface area contributed by atoms with Crippen LogP contribution < -0.4 is 15.4 Å². The van der Waals surface area contributed by atoms with Gasteiger partial charge in [-0.1, -0.05) is 6.07 Å². The molecule has 0 bridgehead atoms. The first-order chi connectivity index (χ1) is 13.1. The van der Waals surface area contributed by atoms with Gasteiger partial charge in [0.1, 0.15) is 5.75 Å². The van der Waals surface area contributed by atoms with E-state index < -0.39 is 17.5 Å². The molecule has 0 aliphatic carbocycles. The first-order valence-electron chi connectivity index (χ1n) is 8.14. The molecule has 138 valence electrons. The fraction of sp³-hybridized carbons (Fsp3) is 0.100. The molecule has 0 aliphatic rings. The highest BCUT2D eigenvalue weighted by Crippen LogP contribution is 2.26. The minimum atomic E-state index is -1.03. The van der Waals surface area contributed by atoms with Crippen molar-refractivity contribution >= 4 is 17.3 Å². The van der Waals surface area contributed by atoms with Gasteiger partial charge in [0.25, 0.3) is 5.91 Å². The number of hydrogen-bond acceptors (Lipinski definition) is 4. The highest BCUT2D eigenvalue weighted by molar-refractivity contribution is 6.05. The van der Waals surface area contributed by atoms with Crippen molar-refractivity contribution in [3.8, 4) is 5.75 Å². The van der Waals surface area contributed by atoms with Gasteiger partial charge in [0.15, 0.2) is 11.6 Å². The third-order valence-corrected chi connectivity index (χ3v) is 3.84. The first kappa shape index (κ1) is 18.3. The van der Waals surface area contributed by atoms with E-state index in [-0.39, 0.29) is 5.69 Å². The van der Waals surface area contributed by atoms with Gasteiger partial charge in [-0.3, -0.25) is 9.78 Å². The van der Waals surface area contributed by atoms with E-state index >= 15 is 0 Å². The molecule has 0 radical (unpaired) electrons. The Morgan fingerprint density at radius 2 is 1.96 bits per heavy atom. The van der Waals surface area contributed by atoms with Gasteiger partial charge in [-0.25, -0.2) is 8.78 Å². The average Bonchev–Trinajstić information content (AvgIpc) is 2.69. The quantitative estimate of drug-likeness (QED) is 0.682. The summed E-state index contributed by atoms with van der Waals surface area (Å²) in [6.45, 7) is 0.498.